The molecule has 104 valence electrons. The van der Waals surface area contributed by atoms with Gasteiger partial charge < -0.3 is 21.7 Å². The summed E-state index contributed by atoms with van der Waals surface area (Å²) in [5.41, 5.74) is 10.8. The highest BCUT2D eigenvalue weighted by Gasteiger charge is 2.24. The van der Waals surface area contributed by atoms with Crippen LogP contribution in [-0.2, 0) is 4.79 Å². The van der Waals surface area contributed by atoms with Crippen molar-refractivity contribution in [2.24, 2.45) is 17.4 Å². The second-order valence-electron chi connectivity index (χ2n) is 4.97. The smallest absolute Gasteiger partial charge is 0.312 e. The average Bonchev–Trinajstić information content (AvgIpc) is 2.36. The molecule has 2 atom stereocenters. The van der Waals surface area contributed by atoms with E-state index in [0.717, 1.165) is 25.8 Å². The zero-order valence-electron chi connectivity index (χ0n) is 11.0. The molecule has 18 heavy (non-hydrogen) atoms. The highest BCUT2D eigenvalue weighted by molar-refractivity contribution is 5.77. The van der Waals surface area contributed by atoms with Crippen LogP contribution in [0.15, 0.2) is 0 Å². The van der Waals surface area contributed by atoms with Crippen molar-refractivity contribution in [2.75, 3.05) is 19.6 Å². The molecule has 0 aromatic rings. The quantitative estimate of drug-likeness (QED) is 0.646. The van der Waals surface area contributed by atoms with E-state index >= 15 is 0 Å². The van der Waals surface area contributed by atoms with Crippen LogP contribution in [0, 0.1) is 5.92 Å². The highest BCUT2D eigenvalue weighted by atomic mass is 16.2. The van der Waals surface area contributed by atoms with Crippen molar-refractivity contribution in [3.8, 4) is 0 Å². The van der Waals surface area contributed by atoms with Crippen molar-refractivity contribution >= 4 is 11.9 Å². The molecule has 1 aliphatic heterocycles. The number of likely N-dealkylation sites (tertiary alicyclic amines) is 1. The van der Waals surface area contributed by atoms with E-state index in [2.05, 4.69) is 5.32 Å². The summed E-state index contributed by atoms with van der Waals surface area (Å²) < 4.78 is 0. The molecule has 0 radical (unpaired) electrons. The normalized spacial score (nSPS) is 21.4. The minimum absolute atomic E-state index is 0.0541. The number of carbonyl (C=O) groups is 2. The fourth-order valence-electron chi connectivity index (χ4n) is 2.20. The molecule has 2 unspecified atom stereocenters. The van der Waals surface area contributed by atoms with Crippen molar-refractivity contribution in [1.82, 2.24) is 10.2 Å². The summed E-state index contributed by atoms with van der Waals surface area (Å²) in [6.45, 7) is 4.00. The molecule has 1 rings (SSSR count). The van der Waals surface area contributed by atoms with E-state index in [1.807, 2.05) is 11.8 Å². The fourth-order valence-corrected chi connectivity index (χ4v) is 2.20. The Labute approximate surface area is 108 Å². The molecule has 6 nitrogen and oxygen atoms in total. The number of piperidine rings is 1. The number of amides is 3. The van der Waals surface area contributed by atoms with Crippen LogP contribution in [0.2, 0.25) is 0 Å². The van der Waals surface area contributed by atoms with Gasteiger partial charge in [0.2, 0.25) is 5.91 Å². The first kappa shape index (κ1) is 14.8. The van der Waals surface area contributed by atoms with E-state index in [1.165, 1.54) is 0 Å². The van der Waals surface area contributed by atoms with Gasteiger partial charge in [-0.2, -0.15) is 0 Å². The van der Waals surface area contributed by atoms with Crippen molar-refractivity contribution in [1.29, 1.82) is 0 Å². The number of carbonyl (C=O) groups excluding carboxylic acids is 2. The molecule has 0 spiro atoms. The van der Waals surface area contributed by atoms with E-state index in [1.54, 1.807) is 0 Å². The Hall–Kier alpha value is -1.30. The van der Waals surface area contributed by atoms with Gasteiger partial charge in [0.1, 0.15) is 0 Å². The van der Waals surface area contributed by atoms with Crippen molar-refractivity contribution in [3.05, 3.63) is 0 Å². The van der Waals surface area contributed by atoms with Crippen molar-refractivity contribution < 1.29 is 9.59 Å². The summed E-state index contributed by atoms with van der Waals surface area (Å²) in [4.78, 5) is 24.5. The molecule has 1 saturated heterocycles. The maximum Gasteiger partial charge on any atom is 0.312 e. The minimum Gasteiger partial charge on any atom is -0.352 e. The first-order valence-corrected chi connectivity index (χ1v) is 6.59. The number of hydrogen-bond acceptors (Lipinski definition) is 3. The van der Waals surface area contributed by atoms with Gasteiger partial charge in [-0.3, -0.25) is 4.79 Å². The summed E-state index contributed by atoms with van der Waals surface area (Å²) in [5.74, 6) is 0.418. The SMILES string of the molecule is CCC(N)CC(=O)N1CCCC(CNC(N)=O)C1. The number of hydrogen-bond donors (Lipinski definition) is 3. The maximum absolute atomic E-state index is 12.0. The van der Waals surface area contributed by atoms with E-state index < -0.39 is 6.03 Å². The Morgan fingerprint density at radius 3 is 2.83 bits per heavy atom. The lowest BCUT2D eigenvalue weighted by molar-refractivity contribution is -0.133. The van der Waals surface area contributed by atoms with E-state index in [9.17, 15) is 9.59 Å². The van der Waals surface area contributed by atoms with Crippen LogP contribution < -0.4 is 16.8 Å². The van der Waals surface area contributed by atoms with Gasteiger partial charge in [-0.25, -0.2) is 4.79 Å². The van der Waals surface area contributed by atoms with Gasteiger partial charge in [0.15, 0.2) is 0 Å². The Bertz CT molecular complexity index is 296. The molecule has 1 aliphatic rings. The third-order valence-corrected chi connectivity index (χ3v) is 3.40. The summed E-state index contributed by atoms with van der Waals surface area (Å²) in [5, 5.41) is 2.60. The lowest BCUT2D eigenvalue weighted by Crippen LogP contribution is -2.45. The largest absolute Gasteiger partial charge is 0.352 e. The van der Waals surface area contributed by atoms with Crippen molar-refractivity contribution in [2.45, 2.75) is 38.6 Å². The monoisotopic (exact) mass is 256 g/mol. The van der Waals surface area contributed by atoms with Crippen LogP contribution in [0.5, 0.6) is 0 Å². The molecular formula is C12H24N4O2. The third kappa shape index (κ3) is 4.91. The minimum atomic E-state index is -0.508. The number of urea groups is 1. The van der Waals surface area contributed by atoms with Gasteiger partial charge in [-0.05, 0) is 25.2 Å². The van der Waals surface area contributed by atoms with Gasteiger partial charge in [0, 0.05) is 32.1 Å². The van der Waals surface area contributed by atoms with Crippen LogP contribution in [0.25, 0.3) is 0 Å². The first-order valence-electron chi connectivity index (χ1n) is 6.59. The Morgan fingerprint density at radius 1 is 1.50 bits per heavy atom. The van der Waals surface area contributed by atoms with Crippen LogP contribution in [-0.4, -0.2) is 42.5 Å². The van der Waals surface area contributed by atoms with Gasteiger partial charge in [-0.15, -0.1) is 0 Å². The second kappa shape index (κ2) is 7.20. The topological polar surface area (TPSA) is 101 Å². The van der Waals surface area contributed by atoms with Crippen molar-refractivity contribution in [3.63, 3.8) is 0 Å². The lowest BCUT2D eigenvalue weighted by atomic mass is 9.97. The zero-order chi connectivity index (χ0) is 13.5. The van der Waals surface area contributed by atoms with Crippen LogP contribution in [0.1, 0.15) is 32.6 Å². The van der Waals surface area contributed by atoms with Gasteiger partial charge >= 0.3 is 6.03 Å². The molecule has 5 N–H and O–H groups in total. The number of nitrogens with one attached hydrogen (secondary N) is 1. The summed E-state index contributed by atoms with van der Waals surface area (Å²) >= 11 is 0. The number of nitrogens with zero attached hydrogens (tertiary/aromatic N) is 1. The standard InChI is InChI=1S/C12H24N4O2/c1-2-10(13)6-11(17)16-5-3-4-9(8-16)7-15-12(14)18/h9-10H,2-8,13H2,1H3,(H3,14,15,18). The first-order chi connectivity index (χ1) is 8.52. The summed E-state index contributed by atoms with van der Waals surface area (Å²) in [7, 11) is 0. The van der Waals surface area contributed by atoms with Crippen LogP contribution >= 0.6 is 0 Å². The Balaban J connectivity index is 2.38. The van der Waals surface area contributed by atoms with E-state index in [4.69, 9.17) is 11.5 Å². The lowest BCUT2D eigenvalue weighted by Gasteiger charge is -2.33. The fraction of sp³-hybridized carbons (Fsp3) is 0.833. The van der Waals surface area contributed by atoms with Gasteiger partial charge in [-0.1, -0.05) is 6.92 Å². The van der Waals surface area contributed by atoms with Crippen LogP contribution in [0.4, 0.5) is 4.79 Å². The Kier molecular flexibility index (Phi) is 5.91. The highest BCUT2D eigenvalue weighted by Crippen LogP contribution is 2.17. The van der Waals surface area contributed by atoms with E-state index in [-0.39, 0.29) is 11.9 Å². The zero-order valence-corrected chi connectivity index (χ0v) is 11.0. The third-order valence-electron chi connectivity index (χ3n) is 3.40. The second-order valence-corrected chi connectivity index (χ2v) is 4.97. The molecule has 0 aromatic heterocycles. The number of nitrogens with two attached hydrogens (primary N) is 2. The average molecular weight is 256 g/mol. The van der Waals surface area contributed by atoms with Gasteiger partial charge in [0.05, 0.1) is 0 Å². The summed E-state index contributed by atoms with van der Waals surface area (Å²) in [6.07, 6.45) is 3.21. The van der Waals surface area contributed by atoms with Crippen LogP contribution in [0.3, 0.4) is 0 Å². The van der Waals surface area contributed by atoms with E-state index in [0.29, 0.717) is 25.4 Å². The molecule has 6 heteroatoms. The molecule has 0 aromatic carbocycles. The predicted molar refractivity (Wildman–Crippen MR) is 69.8 cm³/mol. The Morgan fingerprint density at radius 2 is 2.22 bits per heavy atom. The molecule has 1 heterocycles. The molecule has 0 bridgehead atoms. The molecular weight excluding hydrogens is 232 g/mol. The molecule has 3 amide bonds. The molecule has 0 saturated carbocycles. The molecule has 0 aliphatic carbocycles. The molecule has 1 fully saturated rings. The maximum atomic E-state index is 12.0. The summed E-state index contributed by atoms with van der Waals surface area (Å²) in [6, 6.07) is -0.562. The number of primary amides is 1. The van der Waals surface area contributed by atoms with Gasteiger partial charge in [0.25, 0.3) is 0 Å². The predicted octanol–water partition coefficient (Wildman–Crippen LogP) is 0.0207. The number of rotatable bonds is 5.